The first-order chi connectivity index (χ1) is 11.7. The lowest BCUT2D eigenvalue weighted by Gasteiger charge is -2.16. The molecule has 0 radical (unpaired) electrons. The van der Waals surface area contributed by atoms with E-state index in [1.807, 2.05) is 25.1 Å². The third-order valence-electron chi connectivity index (χ3n) is 3.78. The van der Waals surface area contributed by atoms with Gasteiger partial charge in [-0.1, -0.05) is 24.3 Å². The summed E-state index contributed by atoms with van der Waals surface area (Å²) in [5.41, 5.74) is 3.47. The molecule has 0 atom stereocenters. The van der Waals surface area contributed by atoms with Gasteiger partial charge in [-0.15, -0.1) is 11.8 Å². The Morgan fingerprint density at radius 3 is 2.75 bits per heavy atom. The minimum atomic E-state index is 0.514. The van der Waals surface area contributed by atoms with Crippen LogP contribution in [0, 0.1) is 6.92 Å². The van der Waals surface area contributed by atoms with Crippen LogP contribution in [0.25, 0.3) is 0 Å². The Morgan fingerprint density at radius 2 is 2.04 bits per heavy atom. The summed E-state index contributed by atoms with van der Waals surface area (Å²) < 4.78 is 12.8. The summed E-state index contributed by atoms with van der Waals surface area (Å²) in [5, 5.41) is 1.07. The molecule has 0 aromatic heterocycles. The molecular weight excluding hydrogens is 386 g/mol. The van der Waals surface area contributed by atoms with Gasteiger partial charge >= 0.3 is 0 Å². The van der Waals surface area contributed by atoms with E-state index < -0.39 is 0 Å². The van der Waals surface area contributed by atoms with E-state index in [4.69, 9.17) is 9.47 Å². The van der Waals surface area contributed by atoms with E-state index in [1.165, 1.54) is 11.1 Å². The molecule has 3 rings (SSSR count). The van der Waals surface area contributed by atoms with Gasteiger partial charge in [0.1, 0.15) is 6.61 Å². The molecule has 0 N–H and O–H groups in total. The third kappa shape index (κ3) is 3.95. The van der Waals surface area contributed by atoms with Gasteiger partial charge in [0.25, 0.3) is 0 Å². The van der Waals surface area contributed by atoms with Crippen LogP contribution in [0.3, 0.4) is 0 Å². The lowest BCUT2D eigenvalue weighted by Crippen LogP contribution is -2.03. The normalized spacial score (nSPS) is 13.7. The van der Waals surface area contributed by atoms with Gasteiger partial charge in [0.15, 0.2) is 11.5 Å². The van der Waals surface area contributed by atoms with Gasteiger partial charge in [-0.2, -0.15) is 0 Å². The van der Waals surface area contributed by atoms with Crippen LogP contribution in [0.15, 0.2) is 45.9 Å². The molecule has 126 valence electrons. The molecule has 0 amide bonds. The zero-order chi connectivity index (χ0) is 16.9. The predicted octanol–water partition coefficient (Wildman–Crippen LogP) is 5.23. The third-order valence-corrected chi connectivity index (χ3v) is 5.39. The molecule has 0 spiro atoms. The van der Waals surface area contributed by atoms with Crippen molar-refractivity contribution >= 4 is 32.7 Å². The molecule has 5 heteroatoms. The van der Waals surface area contributed by atoms with Crippen LogP contribution in [-0.4, -0.2) is 23.9 Å². The fourth-order valence-electron chi connectivity index (χ4n) is 2.53. The monoisotopic (exact) mass is 405 g/mol. The fourth-order valence-corrected chi connectivity index (χ4v) is 3.93. The van der Waals surface area contributed by atoms with Crippen molar-refractivity contribution < 1.29 is 9.47 Å². The summed E-state index contributed by atoms with van der Waals surface area (Å²) in [4.78, 5) is 4.55. The first kappa shape index (κ1) is 17.4. The van der Waals surface area contributed by atoms with Gasteiger partial charge in [-0.3, -0.25) is 4.99 Å². The van der Waals surface area contributed by atoms with E-state index in [2.05, 4.69) is 46.0 Å². The molecule has 2 aromatic carbocycles. The van der Waals surface area contributed by atoms with E-state index >= 15 is 0 Å². The van der Waals surface area contributed by atoms with Crippen LogP contribution in [0.2, 0.25) is 0 Å². The zero-order valence-corrected chi connectivity index (χ0v) is 16.2. The Labute approximate surface area is 155 Å². The van der Waals surface area contributed by atoms with Crippen molar-refractivity contribution in [2.75, 3.05) is 18.9 Å². The molecule has 3 nitrogen and oxygen atoms in total. The quantitative estimate of drug-likeness (QED) is 0.658. The Morgan fingerprint density at radius 1 is 1.21 bits per heavy atom. The topological polar surface area (TPSA) is 30.8 Å². The highest BCUT2D eigenvalue weighted by atomic mass is 79.9. The predicted molar refractivity (Wildman–Crippen MR) is 105 cm³/mol. The van der Waals surface area contributed by atoms with E-state index in [0.29, 0.717) is 13.2 Å². The zero-order valence-electron chi connectivity index (χ0n) is 13.8. The number of nitrogens with zero attached hydrogens (tertiary/aromatic N) is 1. The van der Waals surface area contributed by atoms with Gasteiger partial charge in [0.05, 0.1) is 16.1 Å². The molecule has 24 heavy (non-hydrogen) atoms. The average Bonchev–Trinajstić information content (AvgIpc) is 3.10. The van der Waals surface area contributed by atoms with Crippen molar-refractivity contribution in [3.63, 3.8) is 0 Å². The summed E-state index contributed by atoms with van der Waals surface area (Å²) in [6, 6.07) is 12.3. The van der Waals surface area contributed by atoms with Gasteiger partial charge < -0.3 is 9.47 Å². The van der Waals surface area contributed by atoms with Gasteiger partial charge in [0, 0.05) is 17.9 Å². The number of benzene rings is 2. The molecule has 0 unspecified atom stereocenters. The van der Waals surface area contributed by atoms with Crippen LogP contribution in [0.5, 0.6) is 11.5 Å². The maximum Gasteiger partial charge on any atom is 0.175 e. The molecular formula is C19H20BrNO2S. The van der Waals surface area contributed by atoms with E-state index in [0.717, 1.165) is 38.9 Å². The maximum absolute atomic E-state index is 6.09. The van der Waals surface area contributed by atoms with Crippen molar-refractivity contribution in [1.82, 2.24) is 0 Å². The van der Waals surface area contributed by atoms with Crippen LogP contribution < -0.4 is 9.47 Å². The molecule has 0 bridgehead atoms. The Hall–Kier alpha value is -1.46. The highest BCUT2D eigenvalue weighted by Crippen LogP contribution is 2.39. The Bertz CT molecular complexity index is 761. The second kappa shape index (κ2) is 8.08. The number of thioether (sulfide) groups is 1. The molecule has 1 heterocycles. The minimum Gasteiger partial charge on any atom is -0.490 e. The van der Waals surface area contributed by atoms with Gasteiger partial charge in [0.2, 0.25) is 0 Å². The van der Waals surface area contributed by atoms with Gasteiger partial charge in [-0.25, -0.2) is 0 Å². The molecule has 2 aromatic rings. The SMILES string of the molecule is CCOc1cc(C2=NCCS2)cc(Br)c1OCc1ccccc1C. The number of aliphatic imine (C=N–C) groups is 1. The molecule has 0 saturated carbocycles. The van der Waals surface area contributed by atoms with Crippen molar-refractivity contribution in [3.8, 4) is 11.5 Å². The molecule has 0 saturated heterocycles. The minimum absolute atomic E-state index is 0.514. The van der Waals surface area contributed by atoms with Crippen molar-refractivity contribution in [2.45, 2.75) is 20.5 Å². The van der Waals surface area contributed by atoms with Gasteiger partial charge in [-0.05, 0) is 53.0 Å². The standard InChI is InChI=1S/C19H20BrNO2S/c1-3-22-17-11-15(19-21-8-9-24-19)10-16(20)18(17)23-12-14-7-5-4-6-13(14)2/h4-7,10-11H,3,8-9,12H2,1-2H3. The number of hydrogen-bond acceptors (Lipinski definition) is 4. The number of aryl methyl sites for hydroxylation is 1. The second-order valence-electron chi connectivity index (χ2n) is 5.47. The fraction of sp³-hybridized carbons (Fsp3) is 0.316. The summed E-state index contributed by atoms with van der Waals surface area (Å²) in [7, 11) is 0. The summed E-state index contributed by atoms with van der Waals surface area (Å²) >= 11 is 5.42. The first-order valence-electron chi connectivity index (χ1n) is 8.00. The van der Waals surface area contributed by atoms with Crippen LogP contribution >= 0.6 is 27.7 Å². The van der Waals surface area contributed by atoms with E-state index in [-0.39, 0.29) is 0 Å². The number of halogens is 1. The van der Waals surface area contributed by atoms with Crippen LogP contribution in [-0.2, 0) is 6.61 Å². The average molecular weight is 406 g/mol. The van der Waals surface area contributed by atoms with Crippen molar-refractivity contribution in [3.05, 3.63) is 57.6 Å². The summed E-state index contributed by atoms with van der Waals surface area (Å²) in [6.07, 6.45) is 0. The second-order valence-corrected chi connectivity index (χ2v) is 7.41. The molecule has 1 aliphatic rings. The smallest absolute Gasteiger partial charge is 0.175 e. The van der Waals surface area contributed by atoms with Crippen LogP contribution in [0.4, 0.5) is 0 Å². The summed E-state index contributed by atoms with van der Waals surface area (Å²) in [5.74, 6) is 2.54. The number of rotatable bonds is 6. The Balaban J connectivity index is 1.87. The highest BCUT2D eigenvalue weighted by molar-refractivity contribution is 9.10. The number of ether oxygens (including phenoxy) is 2. The van der Waals surface area contributed by atoms with Crippen LogP contribution in [0.1, 0.15) is 23.6 Å². The van der Waals surface area contributed by atoms with E-state index in [1.54, 1.807) is 11.8 Å². The maximum atomic E-state index is 6.09. The first-order valence-corrected chi connectivity index (χ1v) is 9.78. The lowest BCUT2D eigenvalue weighted by molar-refractivity contribution is 0.267. The van der Waals surface area contributed by atoms with E-state index in [9.17, 15) is 0 Å². The highest BCUT2D eigenvalue weighted by Gasteiger charge is 2.17. The largest absolute Gasteiger partial charge is 0.490 e. The molecule has 0 fully saturated rings. The summed E-state index contributed by atoms with van der Waals surface area (Å²) in [6.45, 7) is 6.06. The Kier molecular flexibility index (Phi) is 5.85. The molecule has 0 aliphatic carbocycles. The van der Waals surface area contributed by atoms with Crippen molar-refractivity contribution in [2.24, 2.45) is 4.99 Å². The lowest BCUT2D eigenvalue weighted by atomic mass is 10.1. The van der Waals surface area contributed by atoms with Crippen molar-refractivity contribution in [1.29, 1.82) is 0 Å². The number of hydrogen-bond donors (Lipinski definition) is 0. The molecule has 1 aliphatic heterocycles.